The van der Waals surface area contributed by atoms with Crippen molar-refractivity contribution in [2.75, 3.05) is 6.61 Å². The molecule has 0 bridgehead atoms. The van der Waals surface area contributed by atoms with E-state index in [9.17, 15) is 9.90 Å². The number of amides is 1. The molecule has 3 aromatic rings. The van der Waals surface area contributed by atoms with Crippen LogP contribution in [0.5, 0.6) is 11.5 Å². The fraction of sp³-hybridized carbons (Fsp3) is 0.333. The molecule has 5 nitrogen and oxygen atoms in total. The van der Waals surface area contributed by atoms with Crippen LogP contribution in [0.2, 0.25) is 5.02 Å². The van der Waals surface area contributed by atoms with E-state index in [0.29, 0.717) is 22.8 Å². The first-order valence-electron chi connectivity index (χ1n) is 12.0. The van der Waals surface area contributed by atoms with Crippen molar-refractivity contribution in [3.63, 3.8) is 0 Å². The summed E-state index contributed by atoms with van der Waals surface area (Å²) in [5, 5.41) is 14.8. The largest absolute Gasteiger partial charge is 0.507 e. The highest BCUT2D eigenvalue weighted by Crippen LogP contribution is 2.36. The maximum atomic E-state index is 12.2. The van der Waals surface area contributed by atoms with Gasteiger partial charge in [0.1, 0.15) is 11.5 Å². The molecule has 0 aliphatic carbocycles. The van der Waals surface area contributed by atoms with Crippen molar-refractivity contribution in [1.29, 1.82) is 0 Å². The standard InChI is InChI=1S/C30H35ClN2O3/c1-29(2,3)20-30(4,5)24-11-13-25(14-12-24)36-19-28(35)33-32-18-23-17-21(10-15-27(23)34)16-22-8-6-7-9-26(22)31/h6-15,17-18,34H,16,19-20H2,1-5H3,(H,33,35)/b32-18+. The second-order valence-electron chi connectivity index (χ2n) is 10.9. The zero-order chi connectivity index (χ0) is 26.3. The minimum atomic E-state index is -0.393. The fourth-order valence-corrected chi connectivity index (χ4v) is 4.67. The van der Waals surface area contributed by atoms with Crippen LogP contribution in [0.25, 0.3) is 0 Å². The summed E-state index contributed by atoms with van der Waals surface area (Å²) < 4.78 is 5.61. The third-order valence-corrected chi connectivity index (χ3v) is 6.18. The van der Waals surface area contributed by atoms with Crippen LogP contribution in [0.1, 0.15) is 63.3 Å². The average Bonchev–Trinajstić information content (AvgIpc) is 2.80. The maximum absolute atomic E-state index is 12.2. The number of carbonyl (C=O) groups excluding carboxylic acids is 1. The van der Waals surface area contributed by atoms with Gasteiger partial charge in [0.05, 0.1) is 6.21 Å². The Kier molecular flexibility index (Phi) is 8.80. The number of benzene rings is 3. The molecule has 0 saturated carbocycles. The Morgan fingerprint density at radius 2 is 1.72 bits per heavy atom. The molecule has 0 heterocycles. The van der Waals surface area contributed by atoms with Crippen molar-refractivity contribution < 1.29 is 14.6 Å². The van der Waals surface area contributed by atoms with Gasteiger partial charge in [-0.3, -0.25) is 4.79 Å². The maximum Gasteiger partial charge on any atom is 0.277 e. The van der Waals surface area contributed by atoms with E-state index in [1.807, 2.05) is 48.5 Å². The van der Waals surface area contributed by atoms with Crippen LogP contribution in [-0.2, 0) is 16.6 Å². The molecule has 0 saturated heterocycles. The number of halogens is 1. The minimum Gasteiger partial charge on any atom is -0.507 e. The van der Waals surface area contributed by atoms with E-state index in [2.05, 4.69) is 57.3 Å². The van der Waals surface area contributed by atoms with E-state index in [1.54, 1.807) is 6.07 Å². The van der Waals surface area contributed by atoms with E-state index in [4.69, 9.17) is 16.3 Å². The molecule has 0 aliphatic heterocycles. The minimum absolute atomic E-state index is 0.0408. The molecule has 36 heavy (non-hydrogen) atoms. The predicted molar refractivity (Wildman–Crippen MR) is 147 cm³/mol. The van der Waals surface area contributed by atoms with Gasteiger partial charge in [-0.1, -0.05) is 82.6 Å². The average molecular weight is 507 g/mol. The summed E-state index contributed by atoms with van der Waals surface area (Å²) in [5.74, 6) is 0.297. The highest BCUT2D eigenvalue weighted by atomic mass is 35.5. The molecule has 1 amide bonds. The Balaban J connectivity index is 1.53. The lowest BCUT2D eigenvalue weighted by molar-refractivity contribution is -0.123. The number of phenolic OH excluding ortho intramolecular Hbond substituents is 1. The van der Waals surface area contributed by atoms with Crippen LogP contribution in [0.15, 0.2) is 71.8 Å². The highest BCUT2D eigenvalue weighted by Gasteiger charge is 2.27. The van der Waals surface area contributed by atoms with Crippen molar-refractivity contribution in [2.45, 2.75) is 52.9 Å². The summed E-state index contributed by atoms with van der Waals surface area (Å²) in [5.41, 5.74) is 6.39. The second kappa shape index (κ2) is 11.6. The molecule has 0 unspecified atom stereocenters. The number of hydrogen-bond donors (Lipinski definition) is 2. The number of nitrogens with one attached hydrogen (secondary N) is 1. The van der Waals surface area contributed by atoms with Gasteiger partial charge in [-0.15, -0.1) is 0 Å². The summed E-state index contributed by atoms with van der Waals surface area (Å²) in [7, 11) is 0. The highest BCUT2D eigenvalue weighted by molar-refractivity contribution is 6.31. The van der Waals surface area contributed by atoms with Gasteiger partial charge in [0.2, 0.25) is 0 Å². The van der Waals surface area contributed by atoms with Crippen molar-refractivity contribution in [3.05, 3.63) is 94.0 Å². The first-order valence-corrected chi connectivity index (χ1v) is 12.4. The Morgan fingerprint density at radius 3 is 2.39 bits per heavy atom. The number of aromatic hydroxyl groups is 1. The van der Waals surface area contributed by atoms with Gasteiger partial charge in [-0.05, 0) is 70.7 Å². The Morgan fingerprint density at radius 1 is 1.03 bits per heavy atom. The molecule has 6 heteroatoms. The zero-order valence-electron chi connectivity index (χ0n) is 21.6. The summed E-state index contributed by atoms with van der Waals surface area (Å²) in [6.07, 6.45) is 3.08. The number of ether oxygens (including phenoxy) is 1. The van der Waals surface area contributed by atoms with Gasteiger partial charge in [-0.2, -0.15) is 5.10 Å². The number of nitrogens with zero attached hydrogens (tertiary/aromatic N) is 1. The third-order valence-electron chi connectivity index (χ3n) is 5.82. The van der Waals surface area contributed by atoms with Crippen molar-refractivity contribution in [2.24, 2.45) is 10.5 Å². The molecular weight excluding hydrogens is 472 g/mol. The predicted octanol–water partition coefficient (Wildman–Crippen LogP) is 6.88. The Bertz CT molecular complexity index is 1210. The molecule has 2 N–H and O–H groups in total. The monoisotopic (exact) mass is 506 g/mol. The van der Waals surface area contributed by atoms with Gasteiger partial charge in [-0.25, -0.2) is 5.43 Å². The molecule has 0 radical (unpaired) electrons. The number of hydrogen-bond acceptors (Lipinski definition) is 4. The van der Waals surface area contributed by atoms with Crippen molar-refractivity contribution in [1.82, 2.24) is 5.43 Å². The molecule has 0 spiro atoms. The smallest absolute Gasteiger partial charge is 0.277 e. The first-order chi connectivity index (χ1) is 16.9. The van der Waals surface area contributed by atoms with E-state index in [-0.39, 0.29) is 23.2 Å². The van der Waals surface area contributed by atoms with Crippen molar-refractivity contribution >= 4 is 23.7 Å². The third kappa shape index (κ3) is 8.13. The van der Waals surface area contributed by atoms with Crippen LogP contribution in [-0.4, -0.2) is 23.8 Å². The van der Waals surface area contributed by atoms with Crippen molar-refractivity contribution in [3.8, 4) is 11.5 Å². The summed E-state index contributed by atoms with van der Waals surface area (Å²) in [6.45, 7) is 11.0. The molecule has 0 aliphatic rings. The molecule has 0 atom stereocenters. The molecule has 3 aromatic carbocycles. The van der Waals surface area contributed by atoms with Gasteiger partial charge >= 0.3 is 0 Å². The van der Waals surface area contributed by atoms with Gasteiger partial charge < -0.3 is 9.84 Å². The van der Waals surface area contributed by atoms with E-state index in [0.717, 1.165) is 17.5 Å². The fourth-order valence-electron chi connectivity index (χ4n) is 4.46. The van der Waals surface area contributed by atoms with E-state index in [1.165, 1.54) is 11.8 Å². The number of hydrazone groups is 1. The quantitative estimate of drug-likeness (QED) is 0.245. The number of phenols is 1. The Labute approximate surface area is 219 Å². The lowest BCUT2D eigenvalue weighted by Gasteiger charge is -2.33. The Hall–Kier alpha value is -3.31. The SMILES string of the molecule is CC(C)(C)CC(C)(C)c1ccc(OCC(=O)N/N=C/c2cc(Cc3ccccc3Cl)ccc2O)cc1. The van der Waals surface area contributed by atoms with Gasteiger partial charge in [0, 0.05) is 10.6 Å². The molecular formula is C30H35ClN2O3. The second-order valence-corrected chi connectivity index (χ2v) is 11.3. The molecule has 0 aromatic heterocycles. The van der Waals surface area contributed by atoms with Crippen LogP contribution in [0.3, 0.4) is 0 Å². The van der Waals surface area contributed by atoms with E-state index < -0.39 is 5.91 Å². The van der Waals surface area contributed by atoms with Crippen LogP contribution in [0, 0.1) is 5.41 Å². The lowest BCUT2D eigenvalue weighted by Crippen LogP contribution is -2.25. The van der Waals surface area contributed by atoms with Crippen LogP contribution >= 0.6 is 11.6 Å². The summed E-state index contributed by atoms with van der Waals surface area (Å²) >= 11 is 6.25. The van der Waals surface area contributed by atoms with E-state index >= 15 is 0 Å². The lowest BCUT2D eigenvalue weighted by atomic mass is 9.72. The first kappa shape index (κ1) is 27.3. The van der Waals surface area contributed by atoms with Crippen LogP contribution < -0.4 is 10.2 Å². The topological polar surface area (TPSA) is 70.9 Å². The normalized spacial score (nSPS) is 12.1. The molecule has 0 fully saturated rings. The van der Waals surface area contributed by atoms with Crippen LogP contribution in [0.4, 0.5) is 0 Å². The number of rotatable bonds is 9. The molecule has 3 rings (SSSR count). The molecule has 190 valence electrons. The van der Waals surface area contributed by atoms with Gasteiger partial charge in [0.25, 0.3) is 5.91 Å². The van der Waals surface area contributed by atoms with Gasteiger partial charge in [0.15, 0.2) is 6.61 Å². The zero-order valence-corrected chi connectivity index (χ0v) is 22.4. The summed E-state index contributed by atoms with van der Waals surface area (Å²) in [6, 6.07) is 20.8. The summed E-state index contributed by atoms with van der Waals surface area (Å²) in [4.78, 5) is 12.2. The number of carbonyl (C=O) groups is 1.